The van der Waals surface area contributed by atoms with Crippen molar-refractivity contribution in [2.75, 3.05) is 6.54 Å². The standard InChI is InChI=1S/C17H19ClN2O3/c18-13-1-2-15(16(8-13)20(22)23)17(21)19-9-12-4-10-3-11(5-12)7-14(19)6-10/h1-2,8,10-12,14H,3-7,9H2. The minimum atomic E-state index is -0.513. The van der Waals surface area contributed by atoms with Gasteiger partial charge in [-0.2, -0.15) is 0 Å². The Balaban J connectivity index is 1.68. The smallest absolute Gasteiger partial charge is 0.283 e. The molecule has 0 spiro atoms. The number of carbonyl (C=O) groups excluding carboxylic acids is 1. The molecular formula is C17H19ClN2O3. The van der Waals surface area contributed by atoms with Gasteiger partial charge in [-0.15, -0.1) is 0 Å². The van der Waals surface area contributed by atoms with Gasteiger partial charge >= 0.3 is 0 Å². The normalized spacial score (nSPS) is 32.0. The van der Waals surface area contributed by atoms with Crippen LogP contribution in [0.1, 0.15) is 42.5 Å². The molecule has 23 heavy (non-hydrogen) atoms. The highest BCUT2D eigenvalue weighted by molar-refractivity contribution is 6.31. The number of nitrogens with zero attached hydrogens (tertiary/aromatic N) is 2. The monoisotopic (exact) mass is 334 g/mol. The van der Waals surface area contributed by atoms with Crippen molar-refractivity contribution in [1.82, 2.24) is 4.90 Å². The molecule has 2 heterocycles. The number of carbonyl (C=O) groups is 1. The van der Waals surface area contributed by atoms with E-state index in [-0.39, 0.29) is 28.2 Å². The first-order valence-corrected chi connectivity index (χ1v) is 8.64. The van der Waals surface area contributed by atoms with Crippen molar-refractivity contribution >= 4 is 23.2 Å². The molecule has 0 aromatic heterocycles. The zero-order valence-corrected chi connectivity index (χ0v) is 13.5. The highest BCUT2D eigenvalue weighted by Gasteiger charge is 2.44. The molecule has 5 rings (SSSR count). The summed E-state index contributed by atoms with van der Waals surface area (Å²) < 4.78 is 0. The molecule has 4 bridgehead atoms. The second kappa shape index (κ2) is 5.48. The number of amides is 1. The van der Waals surface area contributed by atoms with Crippen molar-refractivity contribution in [2.45, 2.75) is 38.1 Å². The van der Waals surface area contributed by atoms with Gasteiger partial charge in [0.25, 0.3) is 11.6 Å². The van der Waals surface area contributed by atoms with Crippen LogP contribution in [0.15, 0.2) is 18.2 Å². The summed E-state index contributed by atoms with van der Waals surface area (Å²) in [6, 6.07) is 4.58. The highest BCUT2D eigenvalue weighted by atomic mass is 35.5. The fraction of sp³-hybridized carbons (Fsp3) is 0.588. The van der Waals surface area contributed by atoms with E-state index in [0.717, 1.165) is 31.2 Å². The van der Waals surface area contributed by atoms with Gasteiger partial charge in [0.15, 0.2) is 0 Å². The number of benzene rings is 1. The topological polar surface area (TPSA) is 63.4 Å². The van der Waals surface area contributed by atoms with Gasteiger partial charge in [-0.3, -0.25) is 14.9 Å². The molecule has 6 heteroatoms. The Labute approximate surface area is 139 Å². The minimum Gasteiger partial charge on any atom is -0.335 e. The molecule has 0 radical (unpaired) electrons. The van der Waals surface area contributed by atoms with E-state index in [1.165, 1.54) is 31.4 Å². The van der Waals surface area contributed by atoms with Gasteiger partial charge in [-0.05, 0) is 62.0 Å². The Hall–Kier alpha value is -1.62. The first-order valence-electron chi connectivity index (χ1n) is 8.26. The molecule has 1 amide bonds. The van der Waals surface area contributed by atoms with Gasteiger partial charge < -0.3 is 4.90 Å². The van der Waals surface area contributed by atoms with Crippen LogP contribution < -0.4 is 0 Å². The first-order chi connectivity index (χ1) is 11.0. The number of fused-ring (bicyclic) bond motifs is 1. The van der Waals surface area contributed by atoms with E-state index < -0.39 is 4.92 Å². The Bertz CT molecular complexity index is 664. The van der Waals surface area contributed by atoms with Gasteiger partial charge in [-0.25, -0.2) is 0 Å². The fourth-order valence-corrected chi connectivity index (χ4v) is 5.19. The van der Waals surface area contributed by atoms with E-state index in [4.69, 9.17) is 11.6 Å². The van der Waals surface area contributed by atoms with Gasteiger partial charge in [0.2, 0.25) is 0 Å². The van der Waals surface area contributed by atoms with Crippen LogP contribution in [0.5, 0.6) is 0 Å². The van der Waals surface area contributed by atoms with Gasteiger partial charge in [0.1, 0.15) is 5.56 Å². The maximum absolute atomic E-state index is 13.0. The van der Waals surface area contributed by atoms with Crippen LogP contribution in [-0.4, -0.2) is 28.3 Å². The Morgan fingerprint density at radius 2 is 1.78 bits per heavy atom. The van der Waals surface area contributed by atoms with Crippen LogP contribution in [0.2, 0.25) is 5.02 Å². The van der Waals surface area contributed by atoms with Gasteiger partial charge in [0.05, 0.1) is 4.92 Å². The predicted molar refractivity (Wildman–Crippen MR) is 86.5 cm³/mol. The molecule has 1 aromatic carbocycles. The summed E-state index contributed by atoms with van der Waals surface area (Å²) in [5, 5.41) is 11.6. The molecule has 2 saturated heterocycles. The molecular weight excluding hydrogens is 316 g/mol. The summed E-state index contributed by atoms with van der Waals surface area (Å²) in [5.41, 5.74) is -0.0212. The number of halogens is 1. The maximum atomic E-state index is 13.0. The van der Waals surface area contributed by atoms with E-state index in [1.54, 1.807) is 6.07 Å². The molecule has 1 aromatic rings. The van der Waals surface area contributed by atoms with Crippen LogP contribution >= 0.6 is 11.6 Å². The molecule has 0 N–H and O–H groups in total. The van der Waals surface area contributed by atoms with Gasteiger partial charge in [-0.1, -0.05) is 11.6 Å². The zero-order valence-electron chi connectivity index (χ0n) is 12.8. The Kier molecular flexibility index (Phi) is 3.56. The van der Waals surface area contributed by atoms with E-state index in [9.17, 15) is 14.9 Å². The van der Waals surface area contributed by atoms with Crippen molar-refractivity contribution in [3.63, 3.8) is 0 Å². The van der Waals surface area contributed by atoms with Crippen LogP contribution in [0, 0.1) is 27.9 Å². The summed E-state index contributed by atoms with van der Waals surface area (Å²) in [6.45, 7) is 0.746. The zero-order chi connectivity index (χ0) is 16.1. The molecule has 2 saturated carbocycles. The van der Waals surface area contributed by atoms with E-state index in [0.29, 0.717) is 5.92 Å². The number of rotatable bonds is 2. The minimum absolute atomic E-state index is 0.167. The molecule has 4 fully saturated rings. The largest absolute Gasteiger partial charge is 0.335 e. The molecule has 4 aliphatic rings. The summed E-state index contributed by atoms with van der Waals surface area (Å²) in [5.74, 6) is 1.82. The maximum Gasteiger partial charge on any atom is 0.283 e. The van der Waals surface area contributed by atoms with Crippen LogP contribution in [0.4, 0.5) is 5.69 Å². The highest BCUT2D eigenvalue weighted by Crippen LogP contribution is 2.47. The van der Waals surface area contributed by atoms with Crippen LogP contribution in [0.25, 0.3) is 0 Å². The predicted octanol–water partition coefficient (Wildman–Crippen LogP) is 3.90. The molecule has 122 valence electrons. The molecule has 2 aliphatic heterocycles. The van der Waals surface area contributed by atoms with Crippen LogP contribution in [0.3, 0.4) is 0 Å². The first kappa shape index (κ1) is 14.9. The van der Waals surface area contributed by atoms with E-state index >= 15 is 0 Å². The lowest BCUT2D eigenvalue weighted by molar-refractivity contribution is -0.385. The lowest BCUT2D eigenvalue weighted by atomic mass is 9.68. The average Bonchev–Trinajstić information content (AvgIpc) is 2.70. The summed E-state index contributed by atoms with van der Waals surface area (Å²) in [7, 11) is 0. The summed E-state index contributed by atoms with van der Waals surface area (Å²) in [4.78, 5) is 25.7. The molecule has 2 unspecified atom stereocenters. The second-order valence-corrected chi connectivity index (χ2v) is 7.74. The number of nitro benzene ring substituents is 1. The Morgan fingerprint density at radius 1 is 1.13 bits per heavy atom. The Morgan fingerprint density at radius 3 is 2.43 bits per heavy atom. The number of hydrogen-bond donors (Lipinski definition) is 0. The number of nitro groups is 1. The van der Waals surface area contributed by atoms with Crippen molar-refractivity contribution in [3.8, 4) is 0 Å². The second-order valence-electron chi connectivity index (χ2n) is 7.31. The lowest BCUT2D eigenvalue weighted by Gasteiger charge is -2.38. The van der Waals surface area contributed by atoms with E-state index in [1.807, 2.05) is 4.90 Å². The summed E-state index contributed by atoms with van der Waals surface area (Å²) >= 11 is 5.86. The number of hydrogen-bond acceptors (Lipinski definition) is 3. The van der Waals surface area contributed by atoms with E-state index in [2.05, 4.69) is 0 Å². The van der Waals surface area contributed by atoms with Crippen molar-refractivity contribution < 1.29 is 9.72 Å². The third kappa shape index (κ3) is 2.61. The van der Waals surface area contributed by atoms with Crippen molar-refractivity contribution in [3.05, 3.63) is 38.9 Å². The fourth-order valence-electron chi connectivity index (χ4n) is 5.02. The molecule has 2 aliphatic carbocycles. The molecule has 2 atom stereocenters. The average molecular weight is 335 g/mol. The SMILES string of the molecule is O=C(c1ccc(Cl)cc1[N+](=O)[O-])N1CC2CC3CC(C2)CC1C3. The molecule has 5 nitrogen and oxygen atoms in total. The third-order valence-electron chi connectivity index (χ3n) is 5.75. The van der Waals surface area contributed by atoms with Crippen molar-refractivity contribution in [1.29, 1.82) is 0 Å². The van der Waals surface area contributed by atoms with Gasteiger partial charge in [0, 0.05) is 23.7 Å². The van der Waals surface area contributed by atoms with Crippen molar-refractivity contribution in [2.24, 2.45) is 17.8 Å². The summed E-state index contributed by atoms with van der Waals surface area (Å²) in [6.07, 6.45) is 5.83. The lowest BCUT2D eigenvalue weighted by Crippen LogP contribution is -2.42. The van der Waals surface area contributed by atoms with Crippen LogP contribution in [-0.2, 0) is 0 Å². The third-order valence-corrected chi connectivity index (χ3v) is 5.99. The quantitative estimate of drug-likeness (QED) is 0.608.